The lowest BCUT2D eigenvalue weighted by molar-refractivity contribution is -0.123. The Morgan fingerprint density at radius 2 is 2.20 bits per heavy atom. The summed E-state index contributed by atoms with van der Waals surface area (Å²) in [6, 6.07) is 10.5. The topological polar surface area (TPSA) is 68.2 Å². The number of anilines is 1. The molecule has 25 heavy (non-hydrogen) atoms. The van der Waals surface area contributed by atoms with Crippen molar-refractivity contribution in [3.63, 3.8) is 0 Å². The van der Waals surface area contributed by atoms with Crippen LogP contribution in [0.3, 0.4) is 0 Å². The monoisotopic (exact) mass is 340 g/mol. The van der Waals surface area contributed by atoms with Gasteiger partial charge in [0, 0.05) is 24.7 Å². The molecule has 1 aliphatic heterocycles. The molecule has 2 fully saturated rings. The van der Waals surface area contributed by atoms with Gasteiger partial charge in [0.1, 0.15) is 0 Å². The second-order valence-electron chi connectivity index (χ2n) is 6.88. The molecule has 0 spiro atoms. The zero-order valence-corrected chi connectivity index (χ0v) is 14.2. The Balaban J connectivity index is 1.33. The molecule has 1 aliphatic carbocycles. The predicted molar refractivity (Wildman–Crippen MR) is 95.3 cm³/mol. The van der Waals surface area contributed by atoms with E-state index in [0.29, 0.717) is 12.6 Å². The number of fused-ring (bicyclic) bond motifs is 1. The number of nitrogens with one attached hydrogen (secondary N) is 2. The molecule has 1 saturated heterocycles. The fourth-order valence-corrected chi connectivity index (χ4v) is 3.78. The highest BCUT2D eigenvalue weighted by Gasteiger charge is 2.35. The van der Waals surface area contributed by atoms with E-state index in [2.05, 4.69) is 27.9 Å². The highest BCUT2D eigenvalue weighted by Crippen LogP contribution is 2.29. The molecule has 2 heterocycles. The summed E-state index contributed by atoms with van der Waals surface area (Å²) in [5.41, 5.74) is 1.95. The molecule has 0 unspecified atom stereocenters. The van der Waals surface area contributed by atoms with Crippen LogP contribution in [0.15, 0.2) is 42.7 Å². The number of hydrogen-bond acceptors (Lipinski definition) is 4. The molecule has 6 nitrogen and oxygen atoms in total. The van der Waals surface area contributed by atoms with E-state index in [0.717, 1.165) is 38.1 Å². The minimum Gasteiger partial charge on any atom is -0.375 e. The van der Waals surface area contributed by atoms with E-state index in [-0.39, 0.29) is 17.9 Å². The highest BCUT2D eigenvalue weighted by atomic mass is 16.5. The number of amides is 1. The molecule has 2 aliphatic rings. The lowest BCUT2D eigenvalue weighted by Crippen LogP contribution is -2.52. The van der Waals surface area contributed by atoms with Gasteiger partial charge in [-0.05, 0) is 24.8 Å². The van der Waals surface area contributed by atoms with E-state index < -0.39 is 0 Å². The third-order valence-corrected chi connectivity index (χ3v) is 5.09. The molecular formula is C19H24N4O2. The molecule has 2 N–H and O–H groups in total. The molecule has 0 radical (unpaired) electrons. The Bertz CT molecular complexity index is 715. The van der Waals surface area contributed by atoms with Crippen molar-refractivity contribution in [3.05, 3.63) is 48.3 Å². The van der Waals surface area contributed by atoms with E-state index in [1.165, 1.54) is 5.56 Å². The molecule has 0 bridgehead atoms. The standard InChI is InChI=1S/C19H24N4O2/c24-19(15-6-7-18-17(10-15)20-8-9-25-18)22-16-11-21-23(13-16)12-14-4-2-1-3-5-14/h1-5,11,13,15,17-18,20H,6-10,12H2,(H,22,24)/t15-,17+,18+/m0/s1. The minimum atomic E-state index is 0.0351. The van der Waals surface area contributed by atoms with Crippen LogP contribution in [0.2, 0.25) is 0 Å². The summed E-state index contributed by atoms with van der Waals surface area (Å²) in [7, 11) is 0. The Morgan fingerprint density at radius 3 is 3.08 bits per heavy atom. The summed E-state index contributed by atoms with van der Waals surface area (Å²) >= 11 is 0. The summed E-state index contributed by atoms with van der Waals surface area (Å²) < 4.78 is 7.63. The fourth-order valence-electron chi connectivity index (χ4n) is 3.78. The first-order chi connectivity index (χ1) is 12.3. The molecule has 1 amide bonds. The maximum absolute atomic E-state index is 12.6. The average molecular weight is 340 g/mol. The van der Waals surface area contributed by atoms with Gasteiger partial charge in [-0.2, -0.15) is 5.10 Å². The van der Waals surface area contributed by atoms with E-state index in [1.807, 2.05) is 29.1 Å². The summed E-state index contributed by atoms with van der Waals surface area (Å²) in [5.74, 6) is 0.123. The Hall–Kier alpha value is -2.18. The van der Waals surface area contributed by atoms with E-state index in [9.17, 15) is 4.79 Å². The van der Waals surface area contributed by atoms with Crippen LogP contribution in [0.5, 0.6) is 0 Å². The Kier molecular flexibility index (Phi) is 4.81. The number of carbonyl (C=O) groups is 1. The van der Waals surface area contributed by atoms with Crippen molar-refractivity contribution < 1.29 is 9.53 Å². The number of aromatic nitrogens is 2. The van der Waals surface area contributed by atoms with Gasteiger partial charge in [0.15, 0.2) is 0 Å². The van der Waals surface area contributed by atoms with Gasteiger partial charge in [0.05, 0.1) is 31.1 Å². The van der Waals surface area contributed by atoms with Gasteiger partial charge in [-0.15, -0.1) is 0 Å². The Labute approximate surface area is 147 Å². The van der Waals surface area contributed by atoms with Crippen molar-refractivity contribution in [3.8, 4) is 0 Å². The van der Waals surface area contributed by atoms with E-state index >= 15 is 0 Å². The van der Waals surface area contributed by atoms with Crippen LogP contribution in [-0.2, 0) is 16.1 Å². The van der Waals surface area contributed by atoms with Gasteiger partial charge in [0.2, 0.25) is 5.91 Å². The first-order valence-electron chi connectivity index (χ1n) is 9.00. The van der Waals surface area contributed by atoms with E-state index in [1.54, 1.807) is 6.20 Å². The van der Waals surface area contributed by atoms with Crippen LogP contribution in [-0.4, -0.2) is 41.0 Å². The van der Waals surface area contributed by atoms with Crippen molar-refractivity contribution in [2.24, 2.45) is 5.92 Å². The van der Waals surface area contributed by atoms with Gasteiger partial charge in [-0.25, -0.2) is 0 Å². The van der Waals surface area contributed by atoms with E-state index in [4.69, 9.17) is 4.74 Å². The van der Waals surface area contributed by atoms with Crippen LogP contribution in [0.25, 0.3) is 0 Å². The number of nitrogens with zero attached hydrogens (tertiary/aromatic N) is 2. The van der Waals surface area contributed by atoms with Gasteiger partial charge in [0.25, 0.3) is 0 Å². The van der Waals surface area contributed by atoms with Crippen molar-refractivity contribution in [2.75, 3.05) is 18.5 Å². The highest BCUT2D eigenvalue weighted by molar-refractivity contribution is 5.92. The minimum absolute atomic E-state index is 0.0351. The maximum Gasteiger partial charge on any atom is 0.227 e. The molecule has 3 atom stereocenters. The normalized spacial score (nSPS) is 26.0. The molecule has 6 heteroatoms. The summed E-state index contributed by atoms with van der Waals surface area (Å²) in [4.78, 5) is 12.6. The summed E-state index contributed by atoms with van der Waals surface area (Å²) in [6.45, 7) is 2.35. The summed E-state index contributed by atoms with van der Waals surface area (Å²) in [6.07, 6.45) is 6.55. The van der Waals surface area contributed by atoms with Crippen LogP contribution in [0, 0.1) is 5.92 Å². The Morgan fingerprint density at radius 1 is 1.32 bits per heavy atom. The summed E-state index contributed by atoms with van der Waals surface area (Å²) in [5, 5.41) is 10.8. The SMILES string of the molecule is O=C(Nc1cnn(Cc2ccccc2)c1)[C@H]1CC[C@H]2OCCN[C@@H]2C1. The van der Waals surface area contributed by atoms with Crippen molar-refractivity contribution in [1.29, 1.82) is 0 Å². The smallest absolute Gasteiger partial charge is 0.227 e. The molecule has 4 rings (SSSR count). The first-order valence-corrected chi connectivity index (χ1v) is 9.00. The largest absolute Gasteiger partial charge is 0.375 e. The second kappa shape index (κ2) is 7.37. The number of rotatable bonds is 4. The average Bonchev–Trinajstić information content (AvgIpc) is 3.09. The molecule has 1 saturated carbocycles. The van der Waals surface area contributed by atoms with Crippen LogP contribution in [0.1, 0.15) is 24.8 Å². The number of hydrogen-bond donors (Lipinski definition) is 2. The number of benzene rings is 1. The third-order valence-electron chi connectivity index (χ3n) is 5.09. The lowest BCUT2D eigenvalue weighted by atomic mass is 9.82. The van der Waals surface area contributed by atoms with Gasteiger partial charge < -0.3 is 15.4 Å². The third kappa shape index (κ3) is 3.91. The zero-order chi connectivity index (χ0) is 17.1. The number of ether oxygens (including phenoxy) is 1. The van der Waals surface area contributed by atoms with Crippen LogP contribution in [0.4, 0.5) is 5.69 Å². The lowest BCUT2D eigenvalue weighted by Gasteiger charge is -2.39. The quantitative estimate of drug-likeness (QED) is 0.894. The molecule has 132 valence electrons. The molecular weight excluding hydrogens is 316 g/mol. The van der Waals surface area contributed by atoms with Crippen molar-refractivity contribution >= 4 is 11.6 Å². The maximum atomic E-state index is 12.6. The second-order valence-corrected chi connectivity index (χ2v) is 6.88. The van der Waals surface area contributed by atoms with Crippen molar-refractivity contribution in [1.82, 2.24) is 15.1 Å². The van der Waals surface area contributed by atoms with Crippen LogP contribution < -0.4 is 10.6 Å². The van der Waals surface area contributed by atoms with Crippen molar-refractivity contribution in [2.45, 2.75) is 38.0 Å². The van der Waals surface area contributed by atoms with Gasteiger partial charge >= 0.3 is 0 Å². The zero-order valence-electron chi connectivity index (χ0n) is 14.2. The first kappa shape index (κ1) is 16.3. The number of morpholine rings is 1. The molecule has 2 aromatic rings. The fraction of sp³-hybridized carbons (Fsp3) is 0.474. The van der Waals surface area contributed by atoms with Gasteiger partial charge in [-0.3, -0.25) is 9.48 Å². The van der Waals surface area contributed by atoms with Crippen LogP contribution >= 0.6 is 0 Å². The number of carbonyl (C=O) groups excluding carboxylic acids is 1. The predicted octanol–water partition coefficient (Wildman–Crippen LogP) is 2.03. The molecule has 1 aromatic heterocycles. The molecule has 1 aromatic carbocycles. The van der Waals surface area contributed by atoms with Gasteiger partial charge in [-0.1, -0.05) is 30.3 Å².